The molecule has 0 spiro atoms. The number of carbonyl (C=O) groups is 3. The normalized spacial score (nSPS) is 13.2. The molecule has 0 bridgehead atoms. The number of esters is 3. The highest BCUT2D eigenvalue weighted by Gasteiger charge is 2.19. The van der Waals surface area contributed by atoms with Gasteiger partial charge in [-0.3, -0.25) is 14.4 Å². The Morgan fingerprint density at radius 2 is 0.734 bits per heavy atom. The van der Waals surface area contributed by atoms with Gasteiger partial charge in [-0.2, -0.15) is 0 Å². The van der Waals surface area contributed by atoms with Crippen molar-refractivity contribution >= 4 is 17.9 Å². The van der Waals surface area contributed by atoms with Crippen molar-refractivity contribution in [3.63, 3.8) is 0 Å². The zero-order valence-corrected chi connectivity index (χ0v) is 40.7. The number of rotatable bonds is 43. The van der Waals surface area contributed by atoms with Crippen LogP contribution in [-0.2, 0) is 28.6 Å². The first-order chi connectivity index (χ1) is 31.5. The molecular weight excluding hydrogens is 793 g/mol. The Morgan fingerprint density at radius 3 is 1.25 bits per heavy atom. The molecule has 0 heterocycles. The highest BCUT2D eigenvalue weighted by atomic mass is 16.6. The number of ether oxygens (including phenoxy) is 3. The Balaban J connectivity index is 4.60. The van der Waals surface area contributed by atoms with E-state index >= 15 is 0 Å². The molecule has 0 aliphatic carbocycles. The molecule has 358 valence electrons. The molecule has 0 saturated heterocycles. The lowest BCUT2D eigenvalue weighted by Gasteiger charge is -2.18. The van der Waals surface area contributed by atoms with Crippen LogP contribution in [0, 0.1) is 0 Å². The van der Waals surface area contributed by atoms with Crippen LogP contribution in [0.2, 0.25) is 0 Å². The number of allylic oxidation sites excluding steroid dienone is 22. The first-order valence-corrected chi connectivity index (χ1v) is 25.3. The highest BCUT2D eigenvalue weighted by molar-refractivity contribution is 5.71. The topological polar surface area (TPSA) is 78.9 Å². The summed E-state index contributed by atoms with van der Waals surface area (Å²) < 4.78 is 16.6. The van der Waals surface area contributed by atoms with E-state index in [0.29, 0.717) is 19.3 Å². The van der Waals surface area contributed by atoms with Crippen LogP contribution in [0.5, 0.6) is 0 Å². The van der Waals surface area contributed by atoms with E-state index in [0.717, 1.165) is 64.2 Å². The van der Waals surface area contributed by atoms with Gasteiger partial charge in [0.25, 0.3) is 0 Å². The Kier molecular flexibility index (Phi) is 47.6. The second kappa shape index (κ2) is 51.2. The molecule has 6 nitrogen and oxygen atoms in total. The lowest BCUT2D eigenvalue weighted by atomic mass is 10.1. The van der Waals surface area contributed by atoms with Crippen LogP contribution in [0.4, 0.5) is 0 Å². The standard InChI is InChI=1S/C58H90O6/c1-4-7-10-13-16-19-22-25-27-29-31-33-36-39-42-45-48-51-57(60)63-54-55(53-62-56(59)50-47-44-41-38-35-32-24-21-18-15-12-9-6-3)64-58(61)52-49-46-43-40-37-34-30-28-26-23-20-17-14-11-8-5-2/h8-9,11-12,15,17-18,20-21,24-28,32,34-35,37-38,41,43,46,55H,4-7,10,13-14,16,19,22-23,29-31,33,36,39-40,42,44-45,47-54H2,1-3H3/b11-8-,12-9-,18-15-,20-17-,24-21-,27-25-,28-26-,35-32-,37-34-,41-38-,46-43-. The van der Waals surface area contributed by atoms with Gasteiger partial charge >= 0.3 is 17.9 Å². The van der Waals surface area contributed by atoms with Gasteiger partial charge in [0.2, 0.25) is 0 Å². The lowest BCUT2D eigenvalue weighted by molar-refractivity contribution is -0.166. The van der Waals surface area contributed by atoms with E-state index in [4.69, 9.17) is 14.2 Å². The molecule has 0 radical (unpaired) electrons. The van der Waals surface area contributed by atoms with E-state index in [2.05, 4.69) is 87.6 Å². The van der Waals surface area contributed by atoms with Gasteiger partial charge in [0.1, 0.15) is 13.2 Å². The van der Waals surface area contributed by atoms with Crippen molar-refractivity contribution in [1.82, 2.24) is 0 Å². The zero-order valence-electron chi connectivity index (χ0n) is 40.7. The van der Waals surface area contributed by atoms with Gasteiger partial charge in [-0.05, 0) is 89.9 Å². The minimum absolute atomic E-state index is 0.137. The average Bonchev–Trinajstić information content (AvgIpc) is 3.29. The minimum Gasteiger partial charge on any atom is -0.462 e. The summed E-state index contributed by atoms with van der Waals surface area (Å²) in [5, 5.41) is 0. The smallest absolute Gasteiger partial charge is 0.306 e. The Morgan fingerprint density at radius 1 is 0.344 bits per heavy atom. The summed E-state index contributed by atoms with van der Waals surface area (Å²) in [5.74, 6) is -1.11. The maximum atomic E-state index is 12.8. The van der Waals surface area contributed by atoms with Crippen LogP contribution >= 0.6 is 0 Å². The third kappa shape index (κ3) is 48.6. The first-order valence-electron chi connectivity index (χ1n) is 25.3. The average molecular weight is 883 g/mol. The van der Waals surface area contributed by atoms with E-state index in [1.54, 1.807) is 0 Å². The summed E-state index contributed by atoms with van der Waals surface area (Å²) in [5.41, 5.74) is 0. The number of hydrogen-bond acceptors (Lipinski definition) is 6. The monoisotopic (exact) mass is 883 g/mol. The van der Waals surface area contributed by atoms with Gasteiger partial charge in [0.05, 0.1) is 0 Å². The minimum atomic E-state index is -0.852. The highest BCUT2D eigenvalue weighted by Crippen LogP contribution is 2.12. The second-order valence-electron chi connectivity index (χ2n) is 16.1. The number of hydrogen-bond donors (Lipinski definition) is 0. The molecule has 64 heavy (non-hydrogen) atoms. The van der Waals surface area contributed by atoms with Crippen LogP contribution in [0.25, 0.3) is 0 Å². The Hall–Kier alpha value is -4.45. The maximum absolute atomic E-state index is 12.8. The van der Waals surface area contributed by atoms with E-state index in [1.165, 1.54) is 77.0 Å². The van der Waals surface area contributed by atoms with Crippen molar-refractivity contribution in [3.8, 4) is 0 Å². The summed E-state index contributed by atoms with van der Waals surface area (Å²) in [6.07, 6.45) is 71.7. The molecule has 0 aromatic carbocycles. The van der Waals surface area contributed by atoms with Crippen LogP contribution < -0.4 is 0 Å². The summed E-state index contributed by atoms with van der Waals surface area (Å²) in [6.45, 7) is 6.22. The molecule has 1 atom stereocenters. The van der Waals surface area contributed by atoms with E-state index in [-0.39, 0.29) is 38.0 Å². The summed E-state index contributed by atoms with van der Waals surface area (Å²) in [4.78, 5) is 37.9. The van der Waals surface area contributed by atoms with Crippen molar-refractivity contribution in [1.29, 1.82) is 0 Å². The van der Waals surface area contributed by atoms with Gasteiger partial charge in [0.15, 0.2) is 6.10 Å². The summed E-state index contributed by atoms with van der Waals surface area (Å²) >= 11 is 0. The van der Waals surface area contributed by atoms with Crippen molar-refractivity contribution < 1.29 is 28.6 Å². The largest absolute Gasteiger partial charge is 0.462 e. The fourth-order valence-electron chi connectivity index (χ4n) is 6.28. The molecule has 6 heteroatoms. The third-order valence-electron chi connectivity index (χ3n) is 10.0. The van der Waals surface area contributed by atoms with Crippen molar-refractivity contribution in [3.05, 3.63) is 134 Å². The second-order valence-corrected chi connectivity index (χ2v) is 16.1. The molecule has 0 aliphatic heterocycles. The van der Waals surface area contributed by atoms with Gasteiger partial charge in [0, 0.05) is 19.3 Å². The maximum Gasteiger partial charge on any atom is 0.306 e. The predicted octanol–water partition coefficient (Wildman–Crippen LogP) is 16.7. The summed E-state index contributed by atoms with van der Waals surface area (Å²) in [6, 6.07) is 0. The first kappa shape index (κ1) is 59.5. The SMILES string of the molecule is CC\C=C/C=C\C=C/C=C\C=C/CCCC(=O)OCC(COC(=O)CCCCCCCCC/C=C\CCCCCCCC)OC(=O)CC/C=C\C/C=C\C/C=C\C/C=C\C/C=C\CC. The van der Waals surface area contributed by atoms with Crippen LogP contribution in [0.3, 0.4) is 0 Å². The molecule has 0 aromatic rings. The molecule has 0 rings (SSSR count). The molecule has 0 fully saturated rings. The molecule has 0 aliphatic rings. The molecule has 0 amide bonds. The van der Waals surface area contributed by atoms with Gasteiger partial charge in [-0.1, -0.05) is 219 Å². The van der Waals surface area contributed by atoms with Crippen LogP contribution in [0.15, 0.2) is 134 Å². The van der Waals surface area contributed by atoms with E-state index in [9.17, 15) is 14.4 Å². The Bertz CT molecular complexity index is 1430. The van der Waals surface area contributed by atoms with Crippen LogP contribution in [-0.4, -0.2) is 37.2 Å². The van der Waals surface area contributed by atoms with Crippen molar-refractivity contribution in [2.45, 2.75) is 200 Å². The van der Waals surface area contributed by atoms with E-state index in [1.807, 2.05) is 66.8 Å². The molecule has 0 aromatic heterocycles. The molecular formula is C58H90O6. The molecule has 0 N–H and O–H groups in total. The predicted molar refractivity (Wildman–Crippen MR) is 274 cm³/mol. The van der Waals surface area contributed by atoms with Gasteiger partial charge in [-0.15, -0.1) is 0 Å². The van der Waals surface area contributed by atoms with Gasteiger partial charge in [-0.25, -0.2) is 0 Å². The number of carbonyl (C=O) groups excluding carboxylic acids is 3. The van der Waals surface area contributed by atoms with Gasteiger partial charge < -0.3 is 14.2 Å². The third-order valence-corrected chi connectivity index (χ3v) is 10.0. The van der Waals surface area contributed by atoms with E-state index < -0.39 is 12.1 Å². The zero-order chi connectivity index (χ0) is 46.5. The molecule has 0 saturated carbocycles. The fraction of sp³-hybridized carbons (Fsp3) is 0.569. The van der Waals surface area contributed by atoms with Crippen molar-refractivity contribution in [2.24, 2.45) is 0 Å². The quantitative estimate of drug-likeness (QED) is 0.0200. The number of unbranched alkanes of at least 4 members (excludes halogenated alkanes) is 14. The summed E-state index contributed by atoms with van der Waals surface area (Å²) in [7, 11) is 0. The molecule has 1 unspecified atom stereocenters. The van der Waals surface area contributed by atoms with Crippen molar-refractivity contribution in [2.75, 3.05) is 13.2 Å². The van der Waals surface area contributed by atoms with Crippen LogP contribution in [0.1, 0.15) is 194 Å². The lowest BCUT2D eigenvalue weighted by Crippen LogP contribution is -2.30. The fourth-order valence-corrected chi connectivity index (χ4v) is 6.28. The Labute approximate surface area is 392 Å².